The van der Waals surface area contributed by atoms with Crippen molar-refractivity contribution in [2.45, 2.75) is 19.1 Å². The van der Waals surface area contributed by atoms with E-state index in [2.05, 4.69) is 20.4 Å². The number of nitrogens with zero attached hydrogens (tertiary/aromatic N) is 4. The molecule has 2 N–H and O–H groups in total. The Hall–Kier alpha value is -3.11. The monoisotopic (exact) mass is 423 g/mol. The van der Waals surface area contributed by atoms with Crippen LogP contribution in [0.25, 0.3) is 0 Å². The third-order valence-corrected chi connectivity index (χ3v) is 4.48. The Morgan fingerprint density at radius 3 is 2.69 bits per heavy atom. The number of fused-ring (bicyclic) bond motifs is 1. The first-order valence-electron chi connectivity index (χ1n) is 8.35. The van der Waals surface area contributed by atoms with Crippen molar-refractivity contribution in [3.63, 3.8) is 0 Å². The summed E-state index contributed by atoms with van der Waals surface area (Å²) in [5.41, 5.74) is -0.545. The SMILES string of the molecule is OC1NC(=NCc2ccno2)c2ccc(C(F)(F)F)nc2N1c1ccccc1Cl. The summed E-state index contributed by atoms with van der Waals surface area (Å²) in [6.45, 7) is 0.0710. The first-order valence-corrected chi connectivity index (χ1v) is 8.73. The van der Waals surface area contributed by atoms with Crippen LogP contribution in [0.3, 0.4) is 0 Å². The first kappa shape index (κ1) is 19.2. The van der Waals surface area contributed by atoms with Gasteiger partial charge in [0.05, 0.1) is 22.5 Å². The third kappa shape index (κ3) is 3.76. The Bertz CT molecular complexity index is 1060. The van der Waals surface area contributed by atoms with E-state index in [-0.39, 0.29) is 34.5 Å². The minimum absolute atomic E-state index is 0.0710. The summed E-state index contributed by atoms with van der Waals surface area (Å²) in [7, 11) is 0. The second-order valence-corrected chi connectivity index (χ2v) is 6.46. The van der Waals surface area contributed by atoms with E-state index >= 15 is 0 Å². The molecule has 11 heteroatoms. The maximum absolute atomic E-state index is 13.3. The highest BCUT2D eigenvalue weighted by Gasteiger charge is 2.37. The van der Waals surface area contributed by atoms with Crippen LogP contribution in [0.15, 0.2) is 58.2 Å². The van der Waals surface area contributed by atoms with Crippen molar-refractivity contribution < 1.29 is 22.8 Å². The lowest BCUT2D eigenvalue weighted by molar-refractivity contribution is -0.141. The Balaban J connectivity index is 1.84. The van der Waals surface area contributed by atoms with Gasteiger partial charge in [-0.2, -0.15) is 13.2 Å². The van der Waals surface area contributed by atoms with E-state index in [1.807, 2.05) is 0 Å². The average Bonchev–Trinajstić information content (AvgIpc) is 3.19. The Labute approximate surface area is 167 Å². The van der Waals surface area contributed by atoms with Crippen LogP contribution in [0, 0.1) is 0 Å². The van der Waals surface area contributed by atoms with Crippen molar-refractivity contribution in [1.29, 1.82) is 0 Å². The van der Waals surface area contributed by atoms with Crippen LogP contribution in [0.2, 0.25) is 5.02 Å². The van der Waals surface area contributed by atoms with Gasteiger partial charge in [0.15, 0.2) is 5.76 Å². The van der Waals surface area contributed by atoms with E-state index in [0.717, 1.165) is 6.07 Å². The lowest BCUT2D eigenvalue weighted by Gasteiger charge is -2.36. The van der Waals surface area contributed by atoms with Crippen molar-refractivity contribution >= 4 is 28.9 Å². The topological polar surface area (TPSA) is 86.8 Å². The van der Waals surface area contributed by atoms with E-state index in [1.165, 1.54) is 17.2 Å². The van der Waals surface area contributed by atoms with Gasteiger partial charge >= 0.3 is 6.18 Å². The lowest BCUT2D eigenvalue weighted by atomic mass is 10.1. The smallest absolute Gasteiger partial charge is 0.359 e. The minimum atomic E-state index is -4.66. The Kier molecular flexibility index (Phi) is 4.89. The van der Waals surface area contributed by atoms with Crippen LogP contribution in [0.4, 0.5) is 24.7 Å². The highest BCUT2D eigenvalue weighted by atomic mass is 35.5. The van der Waals surface area contributed by atoms with Crippen molar-refractivity contribution in [1.82, 2.24) is 15.5 Å². The number of anilines is 2. The molecule has 1 unspecified atom stereocenters. The van der Waals surface area contributed by atoms with E-state index < -0.39 is 18.2 Å². The number of nitrogens with one attached hydrogen (secondary N) is 1. The number of hydrogen-bond acceptors (Lipinski definition) is 6. The highest BCUT2D eigenvalue weighted by Crippen LogP contribution is 2.38. The van der Waals surface area contributed by atoms with Crippen LogP contribution >= 0.6 is 11.6 Å². The second-order valence-electron chi connectivity index (χ2n) is 6.05. The van der Waals surface area contributed by atoms with Gasteiger partial charge in [0.1, 0.15) is 23.9 Å². The number of benzene rings is 1. The van der Waals surface area contributed by atoms with Gasteiger partial charge in [-0.05, 0) is 24.3 Å². The molecule has 0 fully saturated rings. The van der Waals surface area contributed by atoms with Gasteiger partial charge in [-0.1, -0.05) is 28.9 Å². The lowest BCUT2D eigenvalue weighted by Crippen LogP contribution is -2.51. The third-order valence-electron chi connectivity index (χ3n) is 4.16. The molecule has 0 spiro atoms. The summed E-state index contributed by atoms with van der Waals surface area (Å²) < 4.78 is 44.8. The molecular formula is C18H13ClF3N5O2. The van der Waals surface area contributed by atoms with Crippen molar-refractivity contribution in [3.05, 3.63) is 70.7 Å². The molecule has 0 saturated carbocycles. The van der Waals surface area contributed by atoms with E-state index in [0.29, 0.717) is 5.76 Å². The summed E-state index contributed by atoms with van der Waals surface area (Å²) in [5, 5.41) is 17.2. The minimum Gasteiger partial charge on any atom is -0.359 e. The summed E-state index contributed by atoms with van der Waals surface area (Å²) in [6, 6.07) is 10.1. The molecule has 150 valence electrons. The summed E-state index contributed by atoms with van der Waals surface area (Å²) in [6.07, 6.45) is -4.66. The molecule has 1 aliphatic rings. The standard InChI is InChI=1S/C18H13ClF3N5O2/c19-12-3-1-2-4-13(12)27-16-11(5-6-14(25-16)18(20,21)22)15(26-17(27)28)23-9-10-7-8-24-29-10/h1-8,17,28H,9H2,(H,23,26). The fraction of sp³-hybridized carbons (Fsp3) is 0.167. The van der Waals surface area contributed by atoms with Crippen molar-refractivity contribution in [2.24, 2.45) is 4.99 Å². The number of aromatic nitrogens is 2. The zero-order valence-corrected chi connectivity index (χ0v) is 15.3. The normalized spacial score (nSPS) is 17.9. The first-order chi connectivity index (χ1) is 13.8. The highest BCUT2D eigenvalue weighted by molar-refractivity contribution is 6.33. The van der Waals surface area contributed by atoms with Crippen LogP contribution in [-0.4, -0.2) is 27.4 Å². The van der Waals surface area contributed by atoms with Crippen molar-refractivity contribution in [3.8, 4) is 0 Å². The Morgan fingerprint density at radius 2 is 2.00 bits per heavy atom. The molecule has 4 rings (SSSR count). The van der Waals surface area contributed by atoms with Crippen LogP contribution < -0.4 is 10.2 Å². The Morgan fingerprint density at radius 1 is 1.21 bits per heavy atom. The number of aliphatic hydroxyl groups is 1. The molecule has 0 aliphatic carbocycles. The average molecular weight is 424 g/mol. The molecule has 0 radical (unpaired) electrons. The van der Waals surface area contributed by atoms with Gasteiger partial charge in [-0.25, -0.2) is 4.98 Å². The van der Waals surface area contributed by atoms with Gasteiger partial charge in [0.2, 0.25) is 6.35 Å². The molecule has 3 heterocycles. The molecule has 29 heavy (non-hydrogen) atoms. The van der Waals surface area contributed by atoms with Gasteiger partial charge in [-0.3, -0.25) is 9.89 Å². The second kappa shape index (κ2) is 7.37. The van der Waals surface area contributed by atoms with Crippen LogP contribution in [0.1, 0.15) is 17.0 Å². The molecular weight excluding hydrogens is 411 g/mol. The van der Waals surface area contributed by atoms with E-state index in [1.54, 1.807) is 30.3 Å². The van der Waals surface area contributed by atoms with Gasteiger partial charge in [-0.15, -0.1) is 0 Å². The molecule has 1 aromatic carbocycles. The van der Waals surface area contributed by atoms with Crippen molar-refractivity contribution in [2.75, 3.05) is 4.90 Å². The molecule has 1 atom stereocenters. The molecule has 0 saturated heterocycles. The van der Waals surface area contributed by atoms with Gasteiger partial charge in [0, 0.05) is 6.07 Å². The zero-order chi connectivity index (χ0) is 20.6. The number of para-hydroxylation sites is 1. The zero-order valence-electron chi connectivity index (χ0n) is 14.6. The quantitative estimate of drug-likeness (QED) is 0.668. The van der Waals surface area contributed by atoms with E-state index in [4.69, 9.17) is 16.1 Å². The predicted molar refractivity (Wildman–Crippen MR) is 98.7 cm³/mol. The number of amidine groups is 1. The number of hydrogen-bond donors (Lipinski definition) is 2. The molecule has 1 aliphatic heterocycles. The largest absolute Gasteiger partial charge is 0.433 e. The fourth-order valence-corrected chi connectivity index (χ4v) is 3.09. The summed E-state index contributed by atoms with van der Waals surface area (Å²) >= 11 is 6.20. The number of aliphatic imine (C=N–C) groups is 1. The molecule has 0 bridgehead atoms. The molecule has 7 nitrogen and oxygen atoms in total. The molecule has 2 aromatic heterocycles. The molecule has 0 amide bonds. The van der Waals surface area contributed by atoms with Crippen LogP contribution in [-0.2, 0) is 12.7 Å². The maximum atomic E-state index is 13.3. The van der Waals surface area contributed by atoms with Gasteiger partial charge < -0.3 is 14.9 Å². The van der Waals surface area contributed by atoms with Gasteiger partial charge in [0.25, 0.3) is 0 Å². The fourth-order valence-electron chi connectivity index (χ4n) is 2.86. The number of alkyl halides is 3. The number of halogens is 4. The molecule has 3 aromatic rings. The number of pyridine rings is 1. The van der Waals surface area contributed by atoms with E-state index in [9.17, 15) is 18.3 Å². The predicted octanol–water partition coefficient (Wildman–Crippen LogP) is 3.71. The number of rotatable bonds is 3. The maximum Gasteiger partial charge on any atom is 0.433 e. The van der Waals surface area contributed by atoms with Crippen LogP contribution in [0.5, 0.6) is 0 Å². The summed E-state index contributed by atoms with van der Waals surface area (Å²) in [4.78, 5) is 9.23. The number of aliphatic hydroxyl groups excluding tert-OH is 1. The summed E-state index contributed by atoms with van der Waals surface area (Å²) in [5.74, 6) is 0.479.